The van der Waals surface area contributed by atoms with E-state index in [2.05, 4.69) is 16.3 Å². The molecule has 0 aromatic heterocycles. The molecule has 1 aliphatic carbocycles. The number of carbonyl (C=O) groups is 2. The molecule has 1 aromatic carbocycles. The van der Waals surface area contributed by atoms with Gasteiger partial charge in [0, 0.05) is 32.1 Å². The van der Waals surface area contributed by atoms with Gasteiger partial charge in [-0.05, 0) is 57.1 Å². The number of carbonyl (C=O) groups excluding carboxylic acids is 2. The normalized spacial score (nSPS) is 23.6. The van der Waals surface area contributed by atoms with E-state index >= 15 is 0 Å². The van der Waals surface area contributed by atoms with Crippen LogP contribution in [0.3, 0.4) is 0 Å². The van der Waals surface area contributed by atoms with Crippen LogP contribution in [0.5, 0.6) is 0 Å². The molecule has 3 aliphatic rings. The average molecular weight is 355 g/mol. The second kappa shape index (κ2) is 7.68. The highest BCUT2D eigenvalue weighted by Crippen LogP contribution is 2.33. The number of nitrogens with one attached hydrogen (secondary N) is 1. The minimum absolute atomic E-state index is 0.0581. The number of anilines is 2. The monoisotopic (exact) mass is 355 g/mol. The van der Waals surface area contributed by atoms with E-state index in [0.29, 0.717) is 6.54 Å². The summed E-state index contributed by atoms with van der Waals surface area (Å²) in [5, 5.41) is 3.16. The zero-order valence-electron chi connectivity index (χ0n) is 15.5. The molecule has 2 aliphatic heterocycles. The molecular formula is C21H29N3O2. The third-order valence-electron chi connectivity index (χ3n) is 5.89. The Balaban J connectivity index is 1.42. The van der Waals surface area contributed by atoms with Gasteiger partial charge in [-0.2, -0.15) is 0 Å². The number of piperidine rings is 2. The third kappa shape index (κ3) is 3.87. The molecule has 0 bridgehead atoms. The highest BCUT2D eigenvalue weighted by molar-refractivity contribution is 5.96. The molecule has 1 unspecified atom stereocenters. The number of amides is 2. The smallest absolute Gasteiger partial charge is 0.229 e. The molecule has 5 heteroatoms. The summed E-state index contributed by atoms with van der Waals surface area (Å²) in [7, 11) is 0. The zero-order chi connectivity index (χ0) is 17.9. The molecule has 5 nitrogen and oxygen atoms in total. The highest BCUT2D eigenvalue weighted by atomic mass is 16.2. The van der Waals surface area contributed by atoms with E-state index in [1.807, 2.05) is 23.1 Å². The minimum atomic E-state index is -0.0964. The summed E-state index contributed by atoms with van der Waals surface area (Å²) in [6.45, 7) is 3.50. The van der Waals surface area contributed by atoms with E-state index in [9.17, 15) is 9.59 Å². The van der Waals surface area contributed by atoms with Crippen LogP contribution in [0.25, 0.3) is 0 Å². The molecule has 26 heavy (non-hydrogen) atoms. The van der Waals surface area contributed by atoms with Gasteiger partial charge in [-0.3, -0.25) is 9.59 Å². The predicted molar refractivity (Wildman–Crippen MR) is 103 cm³/mol. The molecule has 1 N–H and O–H groups in total. The van der Waals surface area contributed by atoms with Crippen LogP contribution in [-0.2, 0) is 9.59 Å². The fourth-order valence-electron chi connectivity index (χ4n) is 4.20. The Morgan fingerprint density at radius 1 is 0.885 bits per heavy atom. The van der Waals surface area contributed by atoms with Crippen LogP contribution in [0.4, 0.5) is 11.4 Å². The highest BCUT2D eigenvalue weighted by Gasteiger charge is 2.36. The van der Waals surface area contributed by atoms with Gasteiger partial charge in [-0.1, -0.05) is 12.1 Å². The van der Waals surface area contributed by atoms with Gasteiger partial charge >= 0.3 is 0 Å². The molecule has 1 saturated carbocycles. The molecule has 140 valence electrons. The fourth-order valence-corrected chi connectivity index (χ4v) is 4.20. The summed E-state index contributed by atoms with van der Waals surface area (Å²) < 4.78 is 0. The molecule has 2 saturated heterocycles. The summed E-state index contributed by atoms with van der Waals surface area (Å²) in [6.07, 6.45) is 7.55. The lowest BCUT2D eigenvalue weighted by Gasteiger charge is -2.33. The van der Waals surface area contributed by atoms with Gasteiger partial charge in [-0.15, -0.1) is 0 Å². The van der Waals surface area contributed by atoms with E-state index in [0.717, 1.165) is 56.7 Å². The maximum atomic E-state index is 12.9. The van der Waals surface area contributed by atoms with Crippen molar-refractivity contribution >= 4 is 23.2 Å². The lowest BCUT2D eigenvalue weighted by molar-refractivity contribution is -0.135. The van der Waals surface area contributed by atoms with Crippen molar-refractivity contribution in [2.45, 2.75) is 44.9 Å². The quantitative estimate of drug-likeness (QED) is 0.902. The number of benzene rings is 1. The Morgan fingerprint density at radius 2 is 1.65 bits per heavy atom. The van der Waals surface area contributed by atoms with Crippen LogP contribution in [-0.4, -0.2) is 42.9 Å². The molecule has 1 aromatic rings. The summed E-state index contributed by atoms with van der Waals surface area (Å²) in [6, 6.07) is 8.12. The lowest BCUT2D eigenvalue weighted by atomic mass is 9.96. The maximum Gasteiger partial charge on any atom is 0.229 e. The van der Waals surface area contributed by atoms with Crippen molar-refractivity contribution < 1.29 is 9.59 Å². The molecule has 0 radical (unpaired) electrons. The van der Waals surface area contributed by atoms with E-state index < -0.39 is 0 Å². The topological polar surface area (TPSA) is 52.7 Å². The van der Waals surface area contributed by atoms with Crippen molar-refractivity contribution in [3.05, 3.63) is 24.3 Å². The first-order valence-corrected chi connectivity index (χ1v) is 10.2. The van der Waals surface area contributed by atoms with Gasteiger partial charge in [0.15, 0.2) is 0 Å². The van der Waals surface area contributed by atoms with Crippen LogP contribution in [0.1, 0.15) is 44.9 Å². The minimum Gasteiger partial charge on any atom is -0.370 e. The largest absolute Gasteiger partial charge is 0.370 e. The molecule has 1 atom stereocenters. The molecule has 2 amide bonds. The van der Waals surface area contributed by atoms with Crippen LogP contribution in [0.2, 0.25) is 0 Å². The number of hydrogen-bond donors (Lipinski definition) is 1. The first kappa shape index (κ1) is 17.4. The SMILES string of the molecule is O=C(Nc1ccccc1N1CCCCC1)C1CCCN(C(=O)C2CC2)C1. The van der Waals surface area contributed by atoms with Crippen molar-refractivity contribution in [1.82, 2.24) is 4.90 Å². The Hall–Kier alpha value is -2.04. The Kier molecular flexibility index (Phi) is 5.14. The van der Waals surface area contributed by atoms with Crippen LogP contribution in [0, 0.1) is 11.8 Å². The molecular weight excluding hydrogens is 326 g/mol. The number of likely N-dealkylation sites (tertiary alicyclic amines) is 1. The average Bonchev–Trinajstić information content (AvgIpc) is 3.54. The van der Waals surface area contributed by atoms with Crippen molar-refractivity contribution in [3.8, 4) is 0 Å². The maximum absolute atomic E-state index is 12.9. The van der Waals surface area contributed by atoms with Crippen molar-refractivity contribution in [3.63, 3.8) is 0 Å². The van der Waals surface area contributed by atoms with Gasteiger partial charge in [0.05, 0.1) is 17.3 Å². The Bertz CT molecular complexity index is 665. The van der Waals surface area contributed by atoms with E-state index in [4.69, 9.17) is 0 Å². The third-order valence-corrected chi connectivity index (χ3v) is 5.89. The van der Waals surface area contributed by atoms with Gasteiger partial charge in [-0.25, -0.2) is 0 Å². The van der Waals surface area contributed by atoms with Crippen molar-refractivity contribution in [2.24, 2.45) is 11.8 Å². The van der Waals surface area contributed by atoms with Gasteiger partial charge in [0.2, 0.25) is 11.8 Å². The molecule has 4 rings (SSSR count). The number of nitrogens with zero attached hydrogens (tertiary/aromatic N) is 2. The predicted octanol–water partition coefficient (Wildman–Crippen LogP) is 3.26. The lowest BCUT2D eigenvalue weighted by Crippen LogP contribution is -2.44. The van der Waals surface area contributed by atoms with Gasteiger partial charge in [0.25, 0.3) is 0 Å². The summed E-state index contributed by atoms with van der Waals surface area (Å²) >= 11 is 0. The fraction of sp³-hybridized carbons (Fsp3) is 0.619. The molecule has 3 fully saturated rings. The Morgan fingerprint density at radius 3 is 2.42 bits per heavy atom. The van der Waals surface area contributed by atoms with E-state index in [1.165, 1.54) is 19.3 Å². The van der Waals surface area contributed by atoms with E-state index in [-0.39, 0.29) is 23.7 Å². The standard InChI is InChI=1S/C21H29N3O2/c25-20(17-7-6-14-24(15-17)21(26)16-10-11-16)22-18-8-2-3-9-19(18)23-12-4-1-5-13-23/h2-3,8-9,16-17H,1,4-7,10-15H2,(H,22,25). The Labute approximate surface area is 155 Å². The van der Waals surface area contributed by atoms with Gasteiger partial charge < -0.3 is 15.1 Å². The summed E-state index contributed by atoms with van der Waals surface area (Å²) in [5.74, 6) is 0.455. The second-order valence-electron chi connectivity index (χ2n) is 7.95. The summed E-state index contributed by atoms with van der Waals surface area (Å²) in [5.41, 5.74) is 2.03. The molecule has 2 heterocycles. The number of para-hydroxylation sites is 2. The van der Waals surface area contributed by atoms with Gasteiger partial charge in [0.1, 0.15) is 0 Å². The first-order chi connectivity index (χ1) is 12.7. The number of hydrogen-bond acceptors (Lipinski definition) is 3. The summed E-state index contributed by atoms with van der Waals surface area (Å²) in [4.78, 5) is 29.5. The van der Waals surface area contributed by atoms with E-state index in [1.54, 1.807) is 0 Å². The van der Waals surface area contributed by atoms with Crippen molar-refractivity contribution in [1.29, 1.82) is 0 Å². The first-order valence-electron chi connectivity index (χ1n) is 10.2. The molecule has 0 spiro atoms. The van der Waals surface area contributed by atoms with Crippen LogP contribution in [0.15, 0.2) is 24.3 Å². The zero-order valence-corrected chi connectivity index (χ0v) is 15.5. The number of rotatable bonds is 4. The van der Waals surface area contributed by atoms with Crippen LogP contribution < -0.4 is 10.2 Å². The van der Waals surface area contributed by atoms with Crippen LogP contribution >= 0.6 is 0 Å². The second-order valence-corrected chi connectivity index (χ2v) is 7.95. The van der Waals surface area contributed by atoms with Crippen molar-refractivity contribution in [2.75, 3.05) is 36.4 Å².